The molecule has 1 atom stereocenters. The van der Waals surface area contributed by atoms with Crippen LogP contribution in [0.5, 0.6) is 0 Å². The predicted octanol–water partition coefficient (Wildman–Crippen LogP) is 2.22. The molecule has 0 saturated carbocycles. The van der Waals surface area contributed by atoms with Gasteiger partial charge in [-0.25, -0.2) is 0 Å². The lowest BCUT2D eigenvalue weighted by molar-refractivity contribution is -0.132. The third-order valence-corrected chi connectivity index (χ3v) is 5.34. The summed E-state index contributed by atoms with van der Waals surface area (Å²) in [7, 11) is 1.92. The topological polar surface area (TPSA) is 76.6 Å². The van der Waals surface area contributed by atoms with Crippen LogP contribution < -0.4 is 0 Å². The highest BCUT2D eigenvalue weighted by molar-refractivity contribution is 5.78. The molecule has 1 saturated heterocycles. The summed E-state index contributed by atoms with van der Waals surface area (Å²) < 4.78 is 13.3. The van der Waals surface area contributed by atoms with Gasteiger partial charge in [0.2, 0.25) is 5.91 Å². The van der Waals surface area contributed by atoms with Crippen molar-refractivity contribution in [1.29, 1.82) is 0 Å². The second-order valence-electron chi connectivity index (χ2n) is 8.51. The van der Waals surface area contributed by atoms with Crippen LogP contribution in [0.3, 0.4) is 0 Å². The van der Waals surface area contributed by atoms with E-state index in [0.29, 0.717) is 38.7 Å². The minimum atomic E-state index is -0.0779. The van der Waals surface area contributed by atoms with Crippen molar-refractivity contribution in [2.24, 2.45) is 13.0 Å². The average Bonchev–Trinajstić information content (AvgIpc) is 3.06. The van der Waals surface area contributed by atoms with Crippen LogP contribution in [-0.4, -0.2) is 62.9 Å². The molecule has 0 N–H and O–H groups in total. The highest BCUT2D eigenvalue weighted by atomic mass is 16.5. The Bertz CT molecular complexity index is 822. The summed E-state index contributed by atoms with van der Waals surface area (Å²) in [6, 6.07) is 0. The molecule has 0 aliphatic carbocycles. The molecule has 29 heavy (non-hydrogen) atoms. The number of nitrogens with zero attached hydrogens (tertiary/aromatic N) is 5. The van der Waals surface area contributed by atoms with Crippen LogP contribution in [0.1, 0.15) is 42.1 Å². The number of hydrogen-bond acceptors (Lipinski definition) is 6. The highest BCUT2D eigenvalue weighted by Crippen LogP contribution is 2.18. The molecule has 3 rings (SSSR count). The summed E-state index contributed by atoms with van der Waals surface area (Å²) in [5, 5.41) is 8.44. The fourth-order valence-corrected chi connectivity index (χ4v) is 3.85. The van der Waals surface area contributed by atoms with Gasteiger partial charge < -0.3 is 14.2 Å². The van der Waals surface area contributed by atoms with Crippen LogP contribution in [0.2, 0.25) is 0 Å². The molecule has 1 aliphatic heterocycles. The van der Waals surface area contributed by atoms with Gasteiger partial charge in [-0.15, -0.1) is 0 Å². The lowest BCUT2D eigenvalue weighted by Gasteiger charge is -2.26. The zero-order valence-electron chi connectivity index (χ0n) is 18.4. The number of hydrogen-bond donors (Lipinski definition) is 0. The molecule has 0 spiro atoms. The van der Waals surface area contributed by atoms with Crippen molar-refractivity contribution in [2.45, 2.75) is 53.9 Å². The molecule has 3 heterocycles. The Hall–Kier alpha value is -2.19. The molecule has 1 aliphatic rings. The van der Waals surface area contributed by atoms with Crippen molar-refractivity contribution in [3.05, 3.63) is 34.5 Å². The molecule has 160 valence electrons. The minimum Gasteiger partial charge on any atom is -0.370 e. The first-order valence-corrected chi connectivity index (χ1v) is 10.3. The lowest BCUT2D eigenvalue weighted by Crippen LogP contribution is -2.40. The first kappa shape index (κ1) is 21.5. The Morgan fingerprint density at radius 2 is 2.00 bits per heavy atom. The van der Waals surface area contributed by atoms with Gasteiger partial charge in [0, 0.05) is 50.6 Å². The maximum absolute atomic E-state index is 12.9. The van der Waals surface area contributed by atoms with Crippen LogP contribution in [0.25, 0.3) is 0 Å². The number of carbonyl (C=O) groups excluding carboxylic acids is 1. The predicted molar refractivity (Wildman–Crippen MR) is 109 cm³/mol. The molecular formula is C21H33N5O3. The maximum Gasteiger partial charge on any atom is 0.236 e. The largest absolute Gasteiger partial charge is 0.370 e. The van der Waals surface area contributed by atoms with Crippen LogP contribution in [0.4, 0.5) is 0 Å². The Balaban J connectivity index is 1.74. The molecular weight excluding hydrogens is 370 g/mol. The summed E-state index contributed by atoms with van der Waals surface area (Å²) in [6.45, 7) is 13.7. The number of amides is 1. The van der Waals surface area contributed by atoms with Crippen LogP contribution in [0, 0.1) is 26.7 Å². The quantitative estimate of drug-likeness (QED) is 0.706. The molecule has 2 aromatic rings. The second-order valence-corrected chi connectivity index (χ2v) is 8.51. The zero-order chi connectivity index (χ0) is 21.1. The van der Waals surface area contributed by atoms with Crippen molar-refractivity contribution < 1.29 is 14.1 Å². The number of carbonyl (C=O) groups is 1. The van der Waals surface area contributed by atoms with Gasteiger partial charge in [-0.3, -0.25) is 14.4 Å². The summed E-state index contributed by atoms with van der Waals surface area (Å²) >= 11 is 0. The van der Waals surface area contributed by atoms with E-state index >= 15 is 0 Å². The van der Waals surface area contributed by atoms with E-state index in [4.69, 9.17) is 9.26 Å². The molecule has 1 fully saturated rings. The monoisotopic (exact) mass is 403 g/mol. The van der Waals surface area contributed by atoms with E-state index in [2.05, 4.69) is 29.0 Å². The average molecular weight is 404 g/mol. The van der Waals surface area contributed by atoms with E-state index in [1.54, 1.807) is 0 Å². The first-order chi connectivity index (χ1) is 13.7. The van der Waals surface area contributed by atoms with E-state index < -0.39 is 0 Å². The van der Waals surface area contributed by atoms with E-state index in [1.807, 2.05) is 43.6 Å². The van der Waals surface area contributed by atoms with Gasteiger partial charge in [0.1, 0.15) is 5.76 Å². The molecule has 0 radical (unpaired) electrons. The molecule has 0 aromatic carbocycles. The van der Waals surface area contributed by atoms with Crippen molar-refractivity contribution in [1.82, 2.24) is 24.7 Å². The normalized spacial score (nSPS) is 18.7. The number of aromatic nitrogens is 3. The fourth-order valence-electron chi connectivity index (χ4n) is 3.85. The van der Waals surface area contributed by atoms with E-state index in [9.17, 15) is 4.79 Å². The van der Waals surface area contributed by atoms with Crippen molar-refractivity contribution in [3.8, 4) is 0 Å². The third kappa shape index (κ3) is 5.45. The highest BCUT2D eigenvalue weighted by Gasteiger charge is 2.29. The molecule has 2 aromatic heterocycles. The maximum atomic E-state index is 12.9. The van der Waals surface area contributed by atoms with E-state index in [0.717, 1.165) is 34.8 Å². The molecule has 8 heteroatoms. The van der Waals surface area contributed by atoms with Gasteiger partial charge in [-0.1, -0.05) is 19.0 Å². The summed E-state index contributed by atoms with van der Waals surface area (Å²) in [5.74, 6) is 1.35. The summed E-state index contributed by atoms with van der Waals surface area (Å²) in [6.07, 6.45) is 1.95. The van der Waals surface area contributed by atoms with Gasteiger partial charge in [-0.05, 0) is 26.7 Å². The molecule has 0 bridgehead atoms. The van der Waals surface area contributed by atoms with Gasteiger partial charge in [0.15, 0.2) is 0 Å². The SMILES string of the molecule is Cc1nn(C)cc1CN1CC(=O)N(CC(C)C)CC(OCc2c(C)noc2C)C1. The van der Waals surface area contributed by atoms with Crippen LogP contribution in [0.15, 0.2) is 10.7 Å². The van der Waals surface area contributed by atoms with Crippen molar-refractivity contribution >= 4 is 5.91 Å². The van der Waals surface area contributed by atoms with E-state index in [-0.39, 0.29) is 12.0 Å². The molecule has 1 amide bonds. The number of aryl methyl sites for hydroxylation is 4. The molecule has 1 unspecified atom stereocenters. The Labute approximate surface area is 172 Å². The van der Waals surface area contributed by atoms with E-state index in [1.165, 1.54) is 0 Å². The van der Waals surface area contributed by atoms with Crippen molar-refractivity contribution in [2.75, 3.05) is 26.2 Å². The van der Waals surface area contributed by atoms with Gasteiger partial charge in [-0.2, -0.15) is 5.10 Å². The van der Waals surface area contributed by atoms with Gasteiger partial charge in [0.25, 0.3) is 0 Å². The number of rotatable bonds is 7. The fraction of sp³-hybridized carbons (Fsp3) is 0.667. The van der Waals surface area contributed by atoms with Crippen LogP contribution in [-0.2, 0) is 29.7 Å². The first-order valence-electron chi connectivity index (χ1n) is 10.3. The standard InChI is InChI=1S/C21H33N5O3/c1-14(2)7-26-11-19(28-13-20-16(4)23-29-17(20)5)10-25(12-21(26)27)9-18-8-24(6)22-15(18)3/h8,14,19H,7,9-13H2,1-6H3. The lowest BCUT2D eigenvalue weighted by atomic mass is 10.2. The summed E-state index contributed by atoms with van der Waals surface area (Å²) in [4.78, 5) is 17.0. The Kier molecular flexibility index (Phi) is 6.74. The van der Waals surface area contributed by atoms with Crippen molar-refractivity contribution in [3.63, 3.8) is 0 Å². The Morgan fingerprint density at radius 3 is 2.59 bits per heavy atom. The summed E-state index contributed by atoms with van der Waals surface area (Å²) in [5.41, 5.74) is 3.98. The minimum absolute atomic E-state index is 0.0779. The second kappa shape index (κ2) is 9.09. The number of ether oxygens (including phenoxy) is 1. The van der Waals surface area contributed by atoms with Crippen LogP contribution >= 0.6 is 0 Å². The smallest absolute Gasteiger partial charge is 0.236 e. The third-order valence-electron chi connectivity index (χ3n) is 5.34. The zero-order valence-corrected chi connectivity index (χ0v) is 18.4. The van der Waals surface area contributed by atoms with Gasteiger partial charge >= 0.3 is 0 Å². The van der Waals surface area contributed by atoms with Gasteiger partial charge in [0.05, 0.1) is 30.6 Å². The Morgan fingerprint density at radius 1 is 1.24 bits per heavy atom. The molecule has 8 nitrogen and oxygen atoms in total.